The summed E-state index contributed by atoms with van der Waals surface area (Å²) in [7, 11) is 0. The van der Waals surface area contributed by atoms with Crippen LogP contribution in [0.2, 0.25) is 0 Å². The molecule has 0 atom stereocenters. The number of aliphatic hydroxyl groups is 1. The summed E-state index contributed by atoms with van der Waals surface area (Å²) in [4.78, 5) is 0. The average molecular weight is 167 g/mol. The quantitative estimate of drug-likeness (QED) is 0.667. The molecule has 1 aromatic rings. The van der Waals surface area contributed by atoms with Crippen molar-refractivity contribution < 1.29 is 9.52 Å². The van der Waals surface area contributed by atoms with Gasteiger partial charge >= 0.3 is 0 Å². The summed E-state index contributed by atoms with van der Waals surface area (Å²) in [6, 6.07) is 1.83. The Balaban J connectivity index is 2.38. The van der Waals surface area contributed by atoms with Crippen LogP contribution in [0.25, 0.3) is 0 Å². The number of nitrogen functional groups attached to an aromatic ring is 1. The van der Waals surface area contributed by atoms with Gasteiger partial charge in [0.1, 0.15) is 5.76 Å². The van der Waals surface area contributed by atoms with E-state index in [4.69, 9.17) is 10.2 Å². The topological polar surface area (TPSA) is 59.4 Å². The first-order chi connectivity index (χ1) is 5.62. The highest BCUT2D eigenvalue weighted by Crippen LogP contribution is 2.44. The Hall–Kier alpha value is -0.960. The molecule has 1 aromatic heterocycles. The maximum atomic E-state index is 9.94. The second-order valence-electron chi connectivity index (χ2n) is 3.52. The highest BCUT2D eigenvalue weighted by Gasteiger charge is 2.39. The van der Waals surface area contributed by atoms with Crippen LogP contribution in [-0.2, 0) is 5.60 Å². The van der Waals surface area contributed by atoms with Crippen molar-refractivity contribution in [3.63, 3.8) is 0 Å². The zero-order valence-electron chi connectivity index (χ0n) is 7.13. The molecule has 1 heterocycles. The SMILES string of the molecule is Cc1cc(C2(O)CCC2)c(N)o1. The molecule has 12 heavy (non-hydrogen) atoms. The van der Waals surface area contributed by atoms with E-state index in [1.54, 1.807) is 0 Å². The summed E-state index contributed by atoms with van der Waals surface area (Å²) >= 11 is 0. The minimum Gasteiger partial charge on any atom is -0.446 e. The van der Waals surface area contributed by atoms with Gasteiger partial charge in [0.2, 0.25) is 0 Å². The Morgan fingerprint density at radius 2 is 2.25 bits per heavy atom. The molecular weight excluding hydrogens is 154 g/mol. The molecule has 0 unspecified atom stereocenters. The molecule has 0 aromatic carbocycles. The molecule has 1 saturated carbocycles. The molecule has 3 nitrogen and oxygen atoms in total. The monoisotopic (exact) mass is 167 g/mol. The first-order valence-corrected chi connectivity index (χ1v) is 4.20. The van der Waals surface area contributed by atoms with Crippen LogP contribution < -0.4 is 5.73 Å². The fourth-order valence-electron chi connectivity index (χ4n) is 1.68. The largest absolute Gasteiger partial charge is 0.446 e. The van der Waals surface area contributed by atoms with E-state index in [0.717, 1.165) is 30.6 Å². The molecule has 2 rings (SSSR count). The van der Waals surface area contributed by atoms with E-state index < -0.39 is 5.60 Å². The molecule has 1 aliphatic rings. The summed E-state index contributed by atoms with van der Waals surface area (Å²) in [5.74, 6) is 1.14. The van der Waals surface area contributed by atoms with E-state index in [1.165, 1.54) is 0 Å². The van der Waals surface area contributed by atoms with Crippen molar-refractivity contribution in [2.24, 2.45) is 0 Å². The molecule has 66 valence electrons. The Morgan fingerprint density at radius 3 is 2.58 bits per heavy atom. The van der Waals surface area contributed by atoms with Crippen molar-refractivity contribution in [1.82, 2.24) is 0 Å². The second kappa shape index (κ2) is 2.26. The van der Waals surface area contributed by atoms with Gasteiger partial charge in [-0.15, -0.1) is 0 Å². The van der Waals surface area contributed by atoms with Gasteiger partial charge in [0.05, 0.1) is 5.60 Å². The Morgan fingerprint density at radius 1 is 1.58 bits per heavy atom. The van der Waals surface area contributed by atoms with E-state index in [2.05, 4.69) is 0 Å². The van der Waals surface area contributed by atoms with Crippen LogP contribution in [0, 0.1) is 6.92 Å². The molecule has 0 saturated heterocycles. The molecule has 3 heteroatoms. The van der Waals surface area contributed by atoms with E-state index in [-0.39, 0.29) is 0 Å². The molecule has 0 radical (unpaired) electrons. The van der Waals surface area contributed by atoms with Crippen LogP contribution in [0.1, 0.15) is 30.6 Å². The molecule has 3 N–H and O–H groups in total. The highest BCUT2D eigenvalue weighted by atomic mass is 16.4. The van der Waals surface area contributed by atoms with Gasteiger partial charge < -0.3 is 15.3 Å². The number of furan rings is 1. The standard InChI is InChI=1S/C9H13NO2/c1-6-5-7(8(10)12-6)9(11)3-2-4-9/h5,11H,2-4,10H2,1H3. The minimum atomic E-state index is -0.693. The third-order valence-corrected chi connectivity index (χ3v) is 2.57. The van der Waals surface area contributed by atoms with E-state index in [1.807, 2.05) is 13.0 Å². The zero-order chi connectivity index (χ0) is 8.77. The first kappa shape index (κ1) is 7.68. The van der Waals surface area contributed by atoms with Gasteiger partial charge in [0.25, 0.3) is 0 Å². The van der Waals surface area contributed by atoms with Gasteiger partial charge in [-0.1, -0.05) is 0 Å². The molecule has 1 aliphatic carbocycles. The van der Waals surface area contributed by atoms with Crippen LogP contribution in [0.3, 0.4) is 0 Å². The lowest BCUT2D eigenvalue weighted by molar-refractivity contribution is -0.0383. The first-order valence-electron chi connectivity index (χ1n) is 4.20. The van der Waals surface area contributed by atoms with Crippen LogP contribution in [0.4, 0.5) is 5.88 Å². The molecule has 0 bridgehead atoms. The maximum Gasteiger partial charge on any atom is 0.196 e. The van der Waals surface area contributed by atoms with E-state index in [9.17, 15) is 5.11 Å². The molecule has 1 fully saturated rings. The van der Waals surface area contributed by atoms with Crippen molar-refractivity contribution in [3.05, 3.63) is 17.4 Å². The normalized spacial score (nSPS) is 20.5. The third-order valence-electron chi connectivity index (χ3n) is 2.57. The average Bonchev–Trinajstić information content (AvgIpc) is 2.25. The van der Waals surface area contributed by atoms with Crippen molar-refractivity contribution >= 4 is 5.88 Å². The van der Waals surface area contributed by atoms with Crippen LogP contribution in [0.5, 0.6) is 0 Å². The zero-order valence-corrected chi connectivity index (χ0v) is 7.13. The third kappa shape index (κ3) is 0.932. The van der Waals surface area contributed by atoms with E-state index in [0.29, 0.717) is 5.88 Å². The summed E-state index contributed by atoms with van der Waals surface area (Å²) in [6.45, 7) is 1.84. The Kier molecular flexibility index (Phi) is 1.45. The number of hydrogen-bond acceptors (Lipinski definition) is 3. The number of hydrogen-bond donors (Lipinski definition) is 2. The lowest BCUT2D eigenvalue weighted by atomic mass is 9.76. The summed E-state index contributed by atoms with van der Waals surface area (Å²) in [5.41, 5.74) is 5.69. The summed E-state index contributed by atoms with van der Waals surface area (Å²) in [6.07, 6.45) is 2.67. The van der Waals surface area contributed by atoms with Gasteiger partial charge in [-0.2, -0.15) is 0 Å². The fraction of sp³-hybridized carbons (Fsp3) is 0.556. The predicted molar refractivity (Wildman–Crippen MR) is 45.6 cm³/mol. The fourth-order valence-corrected chi connectivity index (χ4v) is 1.68. The van der Waals surface area contributed by atoms with Crippen molar-refractivity contribution in [2.75, 3.05) is 5.73 Å². The second-order valence-corrected chi connectivity index (χ2v) is 3.52. The van der Waals surface area contributed by atoms with Gasteiger partial charge in [-0.25, -0.2) is 0 Å². The maximum absolute atomic E-state index is 9.94. The molecule has 0 spiro atoms. The van der Waals surface area contributed by atoms with Crippen molar-refractivity contribution in [3.8, 4) is 0 Å². The number of aryl methyl sites for hydroxylation is 1. The summed E-state index contributed by atoms with van der Waals surface area (Å²) in [5, 5.41) is 9.94. The number of rotatable bonds is 1. The lowest BCUT2D eigenvalue weighted by Crippen LogP contribution is -2.33. The predicted octanol–water partition coefficient (Wildman–Crippen LogP) is 1.54. The molecular formula is C9H13NO2. The van der Waals surface area contributed by atoms with Crippen LogP contribution >= 0.6 is 0 Å². The van der Waals surface area contributed by atoms with Crippen LogP contribution in [-0.4, -0.2) is 5.11 Å². The summed E-state index contributed by atoms with van der Waals surface area (Å²) < 4.78 is 5.15. The van der Waals surface area contributed by atoms with Crippen LogP contribution in [0.15, 0.2) is 10.5 Å². The van der Waals surface area contributed by atoms with Gasteiger partial charge in [-0.3, -0.25) is 0 Å². The van der Waals surface area contributed by atoms with Gasteiger partial charge in [0, 0.05) is 5.56 Å². The Labute approximate surface area is 71.2 Å². The van der Waals surface area contributed by atoms with E-state index >= 15 is 0 Å². The minimum absolute atomic E-state index is 0.370. The van der Waals surface area contributed by atoms with Gasteiger partial charge in [-0.05, 0) is 32.3 Å². The van der Waals surface area contributed by atoms with Crippen molar-refractivity contribution in [2.45, 2.75) is 31.8 Å². The highest BCUT2D eigenvalue weighted by molar-refractivity contribution is 5.43. The molecule has 0 aliphatic heterocycles. The lowest BCUT2D eigenvalue weighted by Gasteiger charge is -2.35. The Bertz CT molecular complexity index is 299. The number of nitrogens with two attached hydrogens (primary N) is 1. The van der Waals surface area contributed by atoms with Gasteiger partial charge in [0.15, 0.2) is 5.88 Å². The van der Waals surface area contributed by atoms with Crippen molar-refractivity contribution in [1.29, 1.82) is 0 Å². The smallest absolute Gasteiger partial charge is 0.196 e. The number of anilines is 1. The molecule has 0 amide bonds.